The van der Waals surface area contributed by atoms with Gasteiger partial charge in [-0.3, -0.25) is 4.79 Å². The lowest BCUT2D eigenvalue weighted by Gasteiger charge is -2.17. The van der Waals surface area contributed by atoms with Crippen molar-refractivity contribution in [2.24, 2.45) is 5.73 Å². The first-order valence-electron chi connectivity index (χ1n) is 5.34. The maximum atomic E-state index is 12.8. The van der Waals surface area contributed by atoms with Gasteiger partial charge in [0.2, 0.25) is 5.91 Å². The standard InChI is InChI=1S/C12H14F3NO/c1-3-7-8(4-2)10(12(13,14)15)6-5-9(7)11(16)17/h5-6H,3-4H2,1-2H3,(H2,16,17). The zero-order valence-corrected chi connectivity index (χ0v) is 9.69. The molecule has 0 fully saturated rings. The Bertz CT molecular complexity index is 438. The highest BCUT2D eigenvalue weighted by Gasteiger charge is 2.34. The number of carbonyl (C=O) groups is 1. The molecule has 1 aromatic rings. The topological polar surface area (TPSA) is 43.1 Å². The van der Waals surface area contributed by atoms with E-state index in [-0.39, 0.29) is 17.5 Å². The number of nitrogens with two attached hydrogens (primary N) is 1. The summed E-state index contributed by atoms with van der Waals surface area (Å²) in [6.07, 6.45) is -3.82. The van der Waals surface area contributed by atoms with Gasteiger partial charge in [0.15, 0.2) is 0 Å². The average molecular weight is 245 g/mol. The fraction of sp³-hybridized carbons (Fsp3) is 0.417. The third-order valence-electron chi connectivity index (χ3n) is 2.71. The SMILES string of the molecule is CCc1c(C(N)=O)ccc(C(F)(F)F)c1CC. The minimum atomic E-state index is -4.40. The summed E-state index contributed by atoms with van der Waals surface area (Å²) in [6.45, 7) is 3.34. The minimum Gasteiger partial charge on any atom is -0.366 e. The molecule has 0 heterocycles. The van der Waals surface area contributed by atoms with Crippen LogP contribution in [0.3, 0.4) is 0 Å². The van der Waals surface area contributed by atoms with Gasteiger partial charge in [0, 0.05) is 5.56 Å². The van der Waals surface area contributed by atoms with Crippen molar-refractivity contribution in [2.45, 2.75) is 32.9 Å². The summed E-state index contributed by atoms with van der Waals surface area (Å²) in [6, 6.07) is 2.08. The Hall–Kier alpha value is -1.52. The zero-order chi connectivity index (χ0) is 13.2. The van der Waals surface area contributed by atoms with E-state index >= 15 is 0 Å². The normalized spacial score (nSPS) is 11.6. The summed E-state index contributed by atoms with van der Waals surface area (Å²) in [4.78, 5) is 11.2. The average Bonchev–Trinajstić information content (AvgIpc) is 2.25. The molecule has 17 heavy (non-hydrogen) atoms. The largest absolute Gasteiger partial charge is 0.416 e. The summed E-state index contributed by atoms with van der Waals surface area (Å²) in [5.74, 6) is -0.690. The molecule has 94 valence electrons. The lowest BCUT2D eigenvalue weighted by molar-refractivity contribution is -0.138. The minimum absolute atomic E-state index is 0.163. The number of amides is 1. The van der Waals surface area contributed by atoms with Crippen LogP contribution in [0.2, 0.25) is 0 Å². The molecule has 1 amide bonds. The maximum Gasteiger partial charge on any atom is 0.416 e. The second-order valence-corrected chi connectivity index (χ2v) is 3.69. The van der Waals surface area contributed by atoms with Crippen LogP contribution in [0, 0.1) is 0 Å². The number of rotatable bonds is 3. The van der Waals surface area contributed by atoms with Crippen LogP contribution in [-0.2, 0) is 19.0 Å². The summed E-state index contributed by atoms with van der Waals surface area (Å²) < 4.78 is 38.3. The van der Waals surface area contributed by atoms with Crippen LogP contribution in [0.4, 0.5) is 13.2 Å². The van der Waals surface area contributed by atoms with E-state index in [2.05, 4.69) is 0 Å². The molecule has 0 aliphatic heterocycles. The van der Waals surface area contributed by atoms with Gasteiger partial charge >= 0.3 is 6.18 Å². The number of alkyl halides is 3. The van der Waals surface area contributed by atoms with E-state index in [4.69, 9.17) is 5.73 Å². The molecule has 0 aliphatic carbocycles. The third-order valence-corrected chi connectivity index (χ3v) is 2.71. The van der Waals surface area contributed by atoms with Gasteiger partial charge in [0.05, 0.1) is 5.56 Å². The lowest BCUT2D eigenvalue weighted by atomic mass is 9.92. The van der Waals surface area contributed by atoms with Crippen LogP contribution in [-0.4, -0.2) is 5.91 Å². The molecular weight excluding hydrogens is 231 g/mol. The van der Waals surface area contributed by atoms with Gasteiger partial charge in [0.25, 0.3) is 0 Å². The fourth-order valence-corrected chi connectivity index (χ4v) is 2.00. The van der Waals surface area contributed by atoms with E-state index in [1.54, 1.807) is 13.8 Å². The molecule has 0 radical (unpaired) electrons. The first-order valence-corrected chi connectivity index (χ1v) is 5.34. The molecule has 0 saturated heterocycles. The monoisotopic (exact) mass is 245 g/mol. The summed E-state index contributed by atoms with van der Waals surface area (Å²) in [7, 11) is 0. The quantitative estimate of drug-likeness (QED) is 0.874. The van der Waals surface area contributed by atoms with E-state index in [0.29, 0.717) is 12.0 Å². The number of primary amides is 1. The molecule has 0 atom stereocenters. The Labute approximate surface area is 97.6 Å². The van der Waals surface area contributed by atoms with Gasteiger partial charge in [-0.05, 0) is 36.1 Å². The van der Waals surface area contributed by atoms with E-state index in [0.717, 1.165) is 12.1 Å². The van der Waals surface area contributed by atoms with Crippen LogP contribution >= 0.6 is 0 Å². The van der Waals surface area contributed by atoms with E-state index in [1.807, 2.05) is 0 Å². The second-order valence-electron chi connectivity index (χ2n) is 3.69. The molecule has 1 rings (SSSR count). The Balaban J connectivity index is 3.54. The summed E-state index contributed by atoms with van der Waals surface area (Å²) >= 11 is 0. The van der Waals surface area contributed by atoms with Crippen molar-refractivity contribution in [2.75, 3.05) is 0 Å². The van der Waals surface area contributed by atoms with Crippen molar-refractivity contribution in [3.63, 3.8) is 0 Å². The van der Waals surface area contributed by atoms with Crippen molar-refractivity contribution in [1.29, 1.82) is 0 Å². The van der Waals surface area contributed by atoms with Crippen LogP contribution in [0.5, 0.6) is 0 Å². The number of hydrogen-bond donors (Lipinski definition) is 1. The van der Waals surface area contributed by atoms with Crippen LogP contribution < -0.4 is 5.73 Å². The van der Waals surface area contributed by atoms with E-state index in [9.17, 15) is 18.0 Å². The molecular formula is C12H14F3NO. The van der Waals surface area contributed by atoms with Gasteiger partial charge in [-0.25, -0.2) is 0 Å². The van der Waals surface area contributed by atoms with Crippen LogP contribution in [0.1, 0.15) is 40.9 Å². The first-order chi connectivity index (χ1) is 7.82. The lowest BCUT2D eigenvalue weighted by Crippen LogP contribution is -2.18. The highest BCUT2D eigenvalue weighted by molar-refractivity contribution is 5.94. The molecule has 0 aromatic heterocycles. The summed E-state index contributed by atoms with van der Waals surface area (Å²) in [5, 5.41) is 0. The van der Waals surface area contributed by atoms with Crippen molar-refractivity contribution >= 4 is 5.91 Å². The third kappa shape index (κ3) is 2.60. The molecule has 0 spiro atoms. The van der Waals surface area contributed by atoms with Gasteiger partial charge in [-0.2, -0.15) is 13.2 Å². The Morgan fingerprint density at radius 1 is 1.18 bits per heavy atom. The van der Waals surface area contributed by atoms with Crippen LogP contribution in [0.15, 0.2) is 12.1 Å². The molecule has 0 bridgehead atoms. The molecule has 0 unspecified atom stereocenters. The second kappa shape index (κ2) is 4.77. The molecule has 2 nitrogen and oxygen atoms in total. The van der Waals surface area contributed by atoms with Crippen molar-refractivity contribution < 1.29 is 18.0 Å². The van der Waals surface area contributed by atoms with Gasteiger partial charge in [-0.1, -0.05) is 13.8 Å². The van der Waals surface area contributed by atoms with Crippen molar-refractivity contribution in [3.8, 4) is 0 Å². The van der Waals surface area contributed by atoms with Crippen molar-refractivity contribution in [1.82, 2.24) is 0 Å². The predicted octanol–water partition coefficient (Wildman–Crippen LogP) is 2.93. The van der Waals surface area contributed by atoms with Crippen molar-refractivity contribution in [3.05, 3.63) is 34.4 Å². The maximum absolute atomic E-state index is 12.8. The number of benzene rings is 1. The molecule has 5 heteroatoms. The highest BCUT2D eigenvalue weighted by atomic mass is 19.4. The van der Waals surface area contributed by atoms with E-state index < -0.39 is 17.6 Å². The number of halogens is 3. The van der Waals surface area contributed by atoms with E-state index in [1.165, 1.54) is 0 Å². The summed E-state index contributed by atoms with van der Waals surface area (Å²) in [5.41, 5.74) is 5.21. The Morgan fingerprint density at radius 3 is 2.06 bits per heavy atom. The van der Waals surface area contributed by atoms with Gasteiger partial charge in [-0.15, -0.1) is 0 Å². The molecule has 0 saturated carbocycles. The smallest absolute Gasteiger partial charge is 0.366 e. The Kier molecular flexibility index (Phi) is 3.80. The molecule has 0 aliphatic rings. The predicted molar refractivity (Wildman–Crippen MR) is 58.7 cm³/mol. The van der Waals surface area contributed by atoms with Gasteiger partial charge in [0.1, 0.15) is 0 Å². The number of hydrogen-bond acceptors (Lipinski definition) is 1. The zero-order valence-electron chi connectivity index (χ0n) is 9.69. The van der Waals surface area contributed by atoms with Gasteiger partial charge < -0.3 is 5.73 Å². The molecule has 1 aromatic carbocycles. The highest BCUT2D eigenvalue weighted by Crippen LogP contribution is 2.35. The Morgan fingerprint density at radius 2 is 1.71 bits per heavy atom. The fourth-order valence-electron chi connectivity index (χ4n) is 2.00. The molecule has 2 N–H and O–H groups in total. The first kappa shape index (κ1) is 13.5. The number of carbonyl (C=O) groups excluding carboxylic acids is 1. The van der Waals surface area contributed by atoms with Crippen LogP contribution in [0.25, 0.3) is 0 Å².